The minimum atomic E-state index is -0.401. The quantitative estimate of drug-likeness (QED) is 0.947. The average Bonchev–Trinajstić information content (AvgIpc) is 2.83. The van der Waals surface area contributed by atoms with Crippen molar-refractivity contribution in [2.45, 2.75) is 32.6 Å². The lowest BCUT2D eigenvalue weighted by atomic mass is 9.97. The van der Waals surface area contributed by atoms with Crippen LogP contribution < -0.4 is 10.2 Å². The summed E-state index contributed by atoms with van der Waals surface area (Å²) in [6.45, 7) is 4.73. The zero-order chi connectivity index (χ0) is 15.9. The normalized spacial score (nSPS) is 17.0. The minimum absolute atomic E-state index is 0.236. The van der Waals surface area contributed by atoms with E-state index in [1.165, 1.54) is 10.5 Å². The lowest BCUT2D eigenvalue weighted by Crippen LogP contribution is -2.49. The second kappa shape index (κ2) is 5.44. The summed E-state index contributed by atoms with van der Waals surface area (Å²) >= 11 is 0. The van der Waals surface area contributed by atoms with Crippen molar-refractivity contribution >= 4 is 28.7 Å². The van der Waals surface area contributed by atoms with Crippen molar-refractivity contribution in [2.75, 3.05) is 11.4 Å². The summed E-state index contributed by atoms with van der Waals surface area (Å²) in [5.74, 6) is 0.859. The number of aromatic nitrogens is 2. The van der Waals surface area contributed by atoms with Crippen molar-refractivity contribution in [1.29, 1.82) is 0 Å². The van der Waals surface area contributed by atoms with Crippen LogP contribution in [0.1, 0.15) is 38.2 Å². The first-order valence-corrected chi connectivity index (χ1v) is 7.59. The Morgan fingerprint density at radius 3 is 2.82 bits per heavy atom. The number of carbonyl (C=O) groups is 2. The van der Waals surface area contributed by atoms with E-state index in [0.29, 0.717) is 24.7 Å². The van der Waals surface area contributed by atoms with Crippen molar-refractivity contribution < 1.29 is 9.59 Å². The highest BCUT2D eigenvalue weighted by Gasteiger charge is 2.28. The summed E-state index contributed by atoms with van der Waals surface area (Å²) in [5, 5.41) is 7.75. The number of benzene rings is 1. The lowest BCUT2D eigenvalue weighted by Gasteiger charge is -2.24. The SMILES string of the molecule is CCC(C)c1ccc2c(N3CCC(=O)NC3=O)nn(C)c2c1. The summed E-state index contributed by atoms with van der Waals surface area (Å²) in [5.41, 5.74) is 2.26. The second-order valence-electron chi connectivity index (χ2n) is 5.79. The maximum atomic E-state index is 12.0. The van der Waals surface area contributed by atoms with Crippen LogP contribution in [0, 0.1) is 0 Å². The first-order valence-electron chi connectivity index (χ1n) is 7.59. The standard InChI is InChI=1S/C16H20N4O2/c1-4-10(2)11-5-6-12-13(9-11)19(3)18-15(12)20-8-7-14(21)17-16(20)22/h5-6,9-10H,4,7-8H2,1-3H3,(H,17,21,22). The first kappa shape index (κ1) is 14.6. The molecule has 6 nitrogen and oxygen atoms in total. The molecular formula is C16H20N4O2. The molecule has 0 aliphatic carbocycles. The van der Waals surface area contributed by atoms with E-state index in [2.05, 4.69) is 36.4 Å². The van der Waals surface area contributed by atoms with Crippen LogP contribution in [-0.4, -0.2) is 28.3 Å². The van der Waals surface area contributed by atoms with Crippen LogP contribution in [0.15, 0.2) is 18.2 Å². The van der Waals surface area contributed by atoms with Gasteiger partial charge < -0.3 is 0 Å². The van der Waals surface area contributed by atoms with Crippen LogP contribution in [0.5, 0.6) is 0 Å². The molecule has 3 amide bonds. The molecule has 1 aromatic carbocycles. The largest absolute Gasteiger partial charge is 0.329 e. The Labute approximate surface area is 129 Å². The van der Waals surface area contributed by atoms with Gasteiger partial charge in [-0.15, -0.1) is 0 Å². The maximum absolute atomic E-state index is 12.0. The predicted molar refractivity (Wildman–Crippen MR) is 84.9 cm³/mol. The zero-order valence-electron chi connectivity index (χ0n) is 13.1. The highest BCUT2D eigenvalue weighted by atomic mass is 16.2. The second-order valence-corrected chi connectivity index (χ2v) is 5.79. The number of urea groups is 1. The molecule has 1 saturated heterocycles. The number of hydrogen-bond acceptors (Lipinski definition) is 3. The van der Waals surface area contributed by atoms with Gasteiger partial charge >= 0.3 is 6.03 Å². The summed E-state index contributed by atoms with van der Waals surface area (Å²) in [6, 6.07) is 5.84. The van der Waals surface area contributed by atoms with E-state index in [-0.39, 0.29) is 5.91 Å². The number of rotatable bonds is 3. The molecule has 3 rings (SSSR count). The number of anilines is 1. The Bertz CT molecular complexity index is 750. The molecule has 1 N–H and O–H groups in total. The molecule has 22 heavy (non-hydrogen) atoms. The number of amides is 3. The third-order valence-electron chi connectivity index (χ3n) is 4.35. The Hall–Kier alpha value is -2.37. The number of nitrogens with one attached hydrogen (secondary N) is 1. The third-order valence-corrected chi connectivity index (χ3v) is 4.35. The third kappa shape index (κ3) is 2.34. The monoisotopic (exact) mass is 300 g/mol. The van der Waals surface area contributed by atoms with Crippen molar-refractivity contribution in [3.8, 4) is 0 Å². The molecule has 0 radical (unpaired) electrons. The van der Waals surface area contributed by atoms with E-state index in [1.54, 1.807) is 4.68 Å². The Balaban J connectivity index is 2.05. The fourth-order valence-corrected chi connectivity index (χ4v) is 2.76. The topological polar surface area (TPSA) is 67.2 Å². The number of carbonyl (C=O) groups excluding carboxylic acids is 2. The molecule has 1 aromatic heterocycles. The molecule has 116 valence electrons. The van der Waals surface area contributed by atoms with Crippen molar-refractivity contribution in [3.05, 3.63) is 23.8 Å². The van der Waals surface area contributed by atoms with Gasteiger partial charge in [0.1, 0.15) is 0 Å². The lowest BCUT2D eigenvalue weighted by molar-refractivity contribution is -0.120. The van der Waals surface area contributed by atoms with Gasteiger partial charge in [0.2, 0.25) is 5.91 Å². The van der Waals surface area contributed by atoms with Crippen LogP contribution in [0.25, 0.3) is 10.9 Å². The van der Waals surface area contributed by atoms with Gasteiger partial charge in [-0.2, -0.15) is 5.10 Å². The van der Waals surface area contributed by atoms with Gasteiger partial charge in [-0.25, -0.2) is 4.79 Å². The van der Waals surface area contributed by atoms with Gasteiger partial charge in [-0.1, -0.05) is 19.9 Å². The van der Waals surface area contributed by atoms with Crippen LogP contribution >= 0.6 is 0 Å². The molecular weight excluding hydrogens is 280 g/mol. The molecule has 0 bridgehead atoms. The number of imide groups is 1. The molecule has 2 aromatic rings. The van der Waals surface area contributed by atoms with Crippen LogP contribution in [0.4, 0.5) is 10.6 Å². The van der Waals surface area contributed by atoms with E-state index in [4.69, 9.17) is 0 Å². The molecule has 2 heterocycles. The maximum Gasteiger partial charge on any atom is 0.329 e. The Kier molecular flexibility index (Phi) is 3.60. The van der Waals surface area contributed by atoms with Gasteiger partial charge in [0.25, 0.3) is 0 Å². The van der Waals surface area contributed by atoms with Crippen molar-refractivity contribution in [3.63, 3.8) is 0 Å². The van der Waals surface area contributed by atoms with Crippen LogP contribution in [0.2, 0.25) is 0 Å². The minimum Gasteiger partial charge on any atom is -0.278 e. The van der Waals surface area contributed by atoms with Gasteiger partial charge in [0.15, 0.2) is 5.82 Å². The summed E-state index contributed by atoms with van der Waals surface area (Å²) in [7, 11) is 1.87. The number of nitrogens with zero attached hydrogens (tertiary/aromatic N) is 3. The van der Waals surface area contributed by atoms with E-state index >= 15 is 0 Å². The Morgan fingerprint density at radius 1 is 1.36 bits per heavy atom. The molecule has 1 aliphatic heterocycles. The predicted octanol–water partition coefficient (Wildman–Crippen LogP) is 2.53. The molecule has 0 spiro atoms. The van der Waals surface area contributed by atoms with Crippen molar-refractivity contribution in [1.82, 2.24) is 15.1 Å². The summed E-state index contributed by atoms with van der Waals surface area (Å²) in [6.07, 6.45) is 1.38. The fraction of sp³-hybridized carbons (Fsp3) is 0.438. The van der Waals surface area contributed by atoms with Gasteiger partial charge in [-0.3, -0.25) is 19.7 Å². The molecule has 1 unspecified atom stereocenters. The van der Waals surface area contributed by atoms with E-state index in [1.807, 2.05) is 13.1 Å². The van der Waals surface area contributed by atoms with Crippen LogP contribution in [-0.2, 0) is 11.8 Å². The molecule has 1 fully saturated rings. The van der Waals surface area contributed by atoms with E-state index in [0.717, 1.165) is 17.3 Å². The fourth-order valence-electron chi connectivity index (χ4n) is 2.76. The van der Waals surface area contributed by atoms with Gasteiger partial charge in [0, 0.05) is 25.4 Å². The van der Waals surface area contributed by atoms with E-state index < -0.39 is 6.03 Å². The van der Waals surface area contributed by atoms with Crippen molar-refractivity contribution in [2.24, 2.45) is 7.05 Å². The summed E-state index contributed by atoms with van der Waals surface area (Å²) < 4.78 is 1.79. The average molecular weight is 300 g/mol. The molecule has 6 heteroatoms. The molecule has 0 saturated carbocycles. The highest BCUT2D eigenvalue weighted by molar-refractivity contribution is 6.08. The number of hydrogen-bond donors (Lipinski definition) is 1. The Morgan fingerprint density at radius 2 is 2.14 bits per heavy atom. The zero-order valence-corrected chi connectivity index (χ0v) is 13.1. The van der Waals surface area contributed by atoms with Crippen LogP contribution in [0.3, 0.4) is 0 Å². The first-order chi connectivity index (χ1) is 10.5. The summed E-state index contributed by atoms with van der Waals surface area (Å²) in [4.78, 5) is 24.8. The smallest absolute Gasteiger partial charge is 0.278 e. The molecule has 1 aliphatic rings. The van der Waals surface area contributed by atoms with Gasteiger partial charge in [0.05, 0.1) is 5.52 Å². The number of fused-ring (bicyclic) bond motifs is 1. The van der Waals surface area contributed by atoms with E-state index in [9.17, 15) is 9.59 Å². The van der Waals surface area contributed by atoms with Gasteiger partial charge in [-0.05, 0) is 30.0 Å². The highest BCUT2D eigenvalue weighted by Crippen LogP contribution is 2.30. The number of aryl methyl sites for hydroxylation is 1. The molecule has 1 atom stereocenters.